The summed E-state index contributed by atoms with van der Waals surface area (Å²) in [5.41, 5.74) is 9.85. The molecule has 1 rings (SSSR count). The van der Waals surface area contributed by atoms with E-state index < -0.39 is 17.5 Å². The molecule has 0 bridgehead atoms. The predicted octanol–water partition coefficient (Wildman–Crippen LogP) is -0.752. The van der Waals surface area contributed by atoms with Crippen molar-refractivity contribution in [2.45, 2.75) is 44.2 Å². The van der Waals surface area contributed by atoms with E-state index in [1.54, 1.807) is 6.92 Å². The molecular weight excluding hydrogens is 182 g/mol. The molecule has 14 heavy (non-hydrogen) atoms. The molecule has 1 fully saturated rings. The first-order chi connectivity index (χ1) is 6.48. The molecule has 0 radical (unpaired) electrons. The Balaban J connectivity index is 2.70. The van der Waals surface area contributed by atoms with Gasteiger partial charge < -0.3 is 16.8 Å². The van der Waals surface area contributed by atoms with Crippen molar-refractivity contribution >= 4 is 11.8 Å². The number of hydrogen-bond acceptors (Lipinski definition) is 3. The van der Waals surface area contributed by atoms with Gasteiger partial charge in [0.1, 0.15) is 5.54 Å². The summed E-state index contributed by atoms with van der Waals surface area (Å²) in [4.78, 5) is 22.6. The van der Waals surface area contributed by atoms with Crippen molar-refractivity contribution < 1.29 is 9.59 Å². The van der Waals surface area contributed by atoms with Gasteiger partial charge in [-0.25, -0.2) is 0 Å². The normalized spacial score (nSPS) is 21.6. The number of nitrogens with one attached hydrogen (secondary N) is 1. The number of carbonyl (C=O) groups excluding carboxylic acids is 2. The Kier molecular flexibility index (Phi) is 3.10. The van der Waals surface area contributed by atoms with Crippen LogP contribution < -0.4 is 16.8 Å². The lowest BCUT2D eigenvalue weighted by Gasteiger charge is -2.27. The minimum absolute atomic E-state index is 0.314. The first kappa shape index (κ1) is 11.0. The molecular formula is C9H17N3O2. The molecule has 0 aromatic carbocycles. The third kappa shape index (κ3) is 2.04. The zero-order chi connectivity index (χ0) is 10.8. The molecule has 5 heteroatoms. The van der Waals surface area contributed by atoms with E-state index in [-0.39, 0.29) is 5.91 Å². The second-order valence-corrected chi connectivity index (χ2v) is 3.93. The highest BCUT2D eigenvalue weighted by atomic mass is 16.2. The second-order valence-electron chi connectivity index (χ2n) is 3.93. The van der Waals surface area contributed by atoms with E-state index in [1.165, 1.54) is 0 Å². The highest BCUT2D eigenvalue weighted by Gasteiger charge is 2.41. The topological polar surface area (TPSA) is 98.2 Å². The van der Waals surface area contributed by atoms with Gasteiger partial charge in [0, 0.05) is 0 Å². The van der Waals surface area contributed by atoms with E-state index in [1.807, 2.05) is 0 Å². The third-order valence-corrected chi connectivity index (χ3v) is 2.70. The first-order valence-electron chi connectivity index (χ1n) is 4.85. The Hall–Kier alpha value is -1.10. The Bertz CT molecular complexity index is 244. The van der Waals surface area contributed by atoms with Crippen LogP contribution in [0.5, 0.6) is 0 Å². The largest absolute Gasteiger partial charge is 0.368 e. The van der Waals surface area contributed by atoms with E-state index in [2.05, 4.69) is 5.32 Å². The number of amides is 2. The maximum Gasteiger partial charge on any atom is 0.243 e. The molecule has 0 aromatic heterocycles. The van der Waals surface area contributed by atoms with Crippen LogP contribution in [0.1, 0.15) is 32.6 Å². The van der Waals surface area contributed by atoms with Crippen LogP contribution in [0.4, 0.5) is 0 Å². The van der Waals surface area contributed by atoms with Crippen LogP contribution >= 0.6 is 0 Å². The van der Waals surface area contributed by atoms with Crippen LogP contribution in [0.3, 0.4) is 0 Å². The number of carbonyl (C=O) groups is 2. The van der Waals surface area contributed by atoms with Crippen LogP contribution in [-0.2, 0) is 9.59 Å². The number of hydrogen-bond donors (Lipinski definition) is 3. The van der Waals surface area contributed by atoms with Crippen LogP contribution in [-0.4, -0.2) is 23.4 Å². The molecule has 1 saturated carbocycles. The molecule has 0 spiro atoms. The van der Waals surface area contributed by atoms with Gasteiger partial charge in [-0.3, -0.25) is 9.59 Å². The minimum atomic E-state index is -0.843. The van der Waals surface area contributed by atoms with E-state index in [0.29, 0.717) is 12.8 Å². The van der Waals surface area contributed by atoms with E-state index >= 15 is 0 Å². The fourth-order valence-electron chi connectivity index (χ4n) is 1.76. The van der Waals surface area contributed by atoms with Gasteiger partial charge in [-0.1, -0.05) is 12.8 Å². The highest BCUT2D eigenvalue weighted by Crippen LogP contribution is 2.29. The molecule has 0 aromatic rings. The fraction of sp³-hybridized carbons (Fsp3) is 0.778. The number of rotatable bonds is 3. The van der Waals surface area contributed by atoms with Crippen LogP contribution in [0.2, 0.25) is 0 Å². The zero-order valence-corrected chi connectivity index (χ0v) is 8.38. The SMILES string of the molecule is CC(N)C(=O)NC1(C(N)=O)CCCC1. The summed E-state index contributed by atoms with van der Waals surface area (Å²) in [7, 11) is 0. The third-order valence-electron chi connectivity index (χ3n) is 2.70. The van der Waals surface area contributed by atoms with Gasteiger partial charge >= 0.3 is 0 Å². The summed E-state index contributed by atoms with van der Waals surface area (Å²) in [6.07, 6.45) is 3.09. The van der Waals surface area contributed by atoms with Gasteiger partial charge in [0.25, 0.3) is 0 Å². The van der Waals surface area contributed by atoms with E-state index in [9.17, 15) is 9.59 Å². The van der Waals surface area contributed by atoms with Crippen LogP contribution in [0, 0.1) is 0 Å². The predicted molar refractivity (Wildman–Crippen MR) is 52.2 cm³/mol. The van der Waals surface area contributed by atoms with Crippen molar-refractivity contribution in [1.82, 2.24) is 5.32 Å². The summed E-state index contributed by atoms with van der Waals surface area (Å²) in [5.74, 6) is -0.769. The maximum absolute atomic E-state index is 11.4. The number of primary amides is 1. The summed E-state index contributed by atoms with van der Waals surface area (Å²) >= 11 is 0. The lowest BCUT2D eigenvalue weighted by molar-refractivity contribution is -0.131. The van der Waals surface area contributed by atoms with Crippen LogP contribution in [0.25, 0.3) is 0 Å². The number of nitrogens with two attached hydrogens (primary N) is 2. The molecule has 0 saturated heterocycles. The summed E-state index contributed by atoms with van der Waals surface area (Å²) in [5, 5.41) is 2.65. The van der Waals surface area contributed by atoms with Crippen molar-refractivity contribution in [2.24, 2.45) is 11.5 Å². The first-order valence-corrected chi connectivity index (χ1v) is 4.85. The smallest absolute Gasteiger partial charge is 0.243 e. The molecule has 5 N–H and O–H groups in total. The minimum Gasteiger partial charge on any atom is -0.368 e. The van der Waals surface area contributed by atoms with Gasteiger partial charge in [-0.15, -0.1) is 0 Å². The Labute approximate surface area is 83.2 Å². The van der Waals surface area contributed by atoms with Crippen molar-refractivity contribution in [2.75, 3.05) is 0 Å². The zero-order valence-electron chi connectivity index (χ0n) is 8.38. The van der Waals surface area contributed by atoms with Crippen molar-refractivity contribution in [3.05, 3.63) is 0 Å². The second kappa shape index (κ2) is 3.96. The van der Waals surface area contributed by atoms with Crippen molar-refractivity contribution in [1.29, 1.82) is 0 Å². The summed E-state index contributed by atoms with van der Waals surface area (Å²) < 4.78 is 0. The van der Waals surface area contributed by atoms with Crippen molar-refractivity contribution in [3.8, 4) is 0 Å². The van der Waals surface area contributed by atoms with Crippen molar-refractivity contribution in [3.63, 3.8) is 0 Å². The Morgan fingerprint density at radius 3 is 2.21 bits per heavy atom. The average molecular weight is 199 g/mol. The Morgan fingerprint density at radius 1 is 1.36 bits per heavy atom. The molecule has 0 heterocycles. The standard InChI is InChI=1S/C9H17N3O2/c1-6(10)7(13)12-9(8(11)14)4-2-3-5-9/h6H,2-5,10H2,1H3,(H2,11,14)(H,12,13). The lowest BCUT2D eigenvalue weighted by atomic mass is 9.96. The monoisotopic (exact) mass is 199 g/mol. The summed E-state index contributed by atoms with van der Waals surface area (Å²) in [6, 6.07) is -0.605. The summed E-state index contributed by atoms with van der Waals surface area (Å²) in [6.45, 7) is 1.58. The van der Waals surface area contributed by atoms with Gasteiger partial charge in [-0.05, 0) is 19.8 Å². The molecule has 2 amide bonds. The molecule has 1 atom stereocenters. The molecule has 1 aliphatic carbocycles. The quantitative estimate of drug-likeness (QED) is 0.557. The van der Waals surface area contributed by atoms with Gasteiger partial charge in [0.2, 0.25) is 11.8 Å². The molecule has 0 aliphatic heterocycles. The highest BCUT2D eigenvalue weighted by molar-refractivity contribution is 5.92. The van der Waals surface area contributed by atoms with E-state index in [0.717, 1.165) is 12.8 Å². The molecule has 1 aliphatic rings. The van der Waals surface area contributed by atoms with Crippen LogP contribution in [0.15, 0.2) is 0 Å². The van der Waals surface area contributed by atoms with E-state index in [4.69, 9.17) is 11.5 Å². The molecule has 5 nitrogen and oxygen atoms in total. The van der Waals surface area contributed by atoms with Gasteiger partial charge in [-0.2, -0.15) is 0 Å². The maximum atomic E-state index is 11.4. The average Bonchev–Trinajstić information content (AvgIpc) is 2.53. The molecule has 1 unspecified atom stereocenters. The fourth-order valence-corrected chi connectivity index (χ4v) is 1.76. The Morgan fingerprint density at radius 2 is 1.86 bits per heavy atom. The lowest BCUT2D eigenvalue weighted by Crippen LogP contribution is -2.58. The van der Waals surface area contributed by atoms with Gasteiger partial charge in [0.15, 0.2) is 0 Å². The molecule has 80 valence electrons. The van der Waals surface area contributed by atoms with Gasteiger partial charge in [0.05, 0.1) is 6.04 Å².